The van der Waals surface area contributed by atoms with Gasteiger partial charge in [0.15, 0.2) is 5.58 Å². The topological polar surface area (TPSA) is 59.2 Å². The Balaban J connectivity index is 1.43. The Morgan fingerprint density at radius 3 is 2.90 bits per heavy atom. The number of carbonyl (C=O) groups is 1. The molecule has 2 aromatic heterocycles. The standard InChI is InChI=1S/C23H19N3O2S/c1-26-21(27)10-9-16-5-4-6-18(22(16)26)17-11-15(12-24-13-17)14-29-23-25-19-7-2-3-8-20(19)28-23/h2-8,11-13H,9-10,14H2,1H3. The average molecular weight is 401 g/mol. The number of anilines is 1. The number of rotatable bonds is 4. The van der Waals surface area contributed by atoms with Crippen molar-refractivity contribution < 1.29 is 9.21 Å². The van der Waals surface area contributed by atoms with Crippen LogP contribution < -0.4 is 4.90 Å². The van der Waals surface area contributed by atoms with Gasteiger partial charge in [0.1, 0.15) is 5.52 Å². The summed E-state index contributed by atoms with van der Waals surface area (Å²) in [7, 11) is 1.85. The molecule has 0 saturated carbocycles. The summed E-state index contributed by atoms with van der Waals surface area (Å²) in [6.45, 7) is 0. The zero-order valence-corrected chi connectivity index (χ0v) is 16.8. The number of aryl methyl sites for hydroxylation is 1. The van der Waals surface area contributed by atoms with E-state index in [1.165, 1.54) is 5.56 Å². The van der Waals surface area contributed by atoms with Crippen LogP contribution in [0.2, 0.25) is 0 Å². The van der Waals surface area contributed by atoms with Crippen LogP contribution in [0.5, 0.6) is 0 Å². The zero-order valence-electron chi connectivity index (χ0n) is 16.0. The highest BCUT2D eigenvalue weighted by atomic mass is 32.2. The summed E-state index contributed by atoms with van der Waals surface area (Å²) in [6, 6.07) is 16.1. The summed E-state index contributed by atoms with van der Waals surface area (Å²) in [5.41, 5.74) is 7.00. The number of hydrogen-bond donors (Lipinski definition) is 0. The summed E-state index contributed by atoms with van der Waals surface area (Å²) < 4.78 is 5.79. The minimum absolute atomic E-state index is 0.153. The lowest BCUT2D eigenvalue weighted by atomic mass is 9.94. The lowest BCUT2D eigenvalue weighted by Gasteiger charge is -2.28. The molecule has 1 aliphatic rings. The molecule has 144 valence electrons. The van der Waals surface area contributed by atoms with Crippen molar-refractivity contribution >= 4 is 34.5 Å². The fourth-order valence-corrected chi connectivity index (χ4v) is 4.49. The maximum Gasteiger partial charge on any atom is 0.257 e. The van der Waals surface area contributed by atoms with Crippen molar-refractivity contribution in [3.63, 3.8) is 0 Å². The van der Waals surface area contributed by atoms with E-state index >= 15 is 0 Å². The second-order valence-electron chi connectivity index (χ2n) is 7.08. The molecule has 4 aromatic rings. The van der Waals surface area contributed by atoms with Crippen molar-refractivity contribution in [3.8, 4) is 11.1 Å². The SMILES string of the molecule is CN1C(=O)CCc2cccc(-c3cncc(CSc4nc5ccccc5o4)c3)c21. The molecule has 0 unspecified atom stereocenters. The summed E-state index contributed by atoms with van der Waals surface area (Å²) >= 11 is 1.55. The van der Waals surface area contributed by atoms with Crippen molar-refractivity contribution in [2.45, 2.75) is 23.8 Å². The molecule has 0 radical (unpaired) electrons. The number of oxazole rings is 1. The number of benzene rings is 2. The van der Waals surface area contributed by atoms with Gasteiger partial charge in [-0.05, 0) is 35.7 Å². The Morgan fingerprint density at radius 1 is 1.10 bits per heavy atom. The number of carbonyl (C=O) groups excluding carboxylic acids is 1. The van der Waals surface area contributed by atoms with Crippen molar-refractivity contribution in [1.82, 2.24) is 9.97 Å². The Morgan fingerprint density at radius 2 is 2.00 bits per heavy atom. The molecule has 29 heavy (non-hydrogen) atoms. The van der Waals surface area contributed by atoms with Crippen molar-refractivity contribution in [2.24, 2.45) is 0 Å². The van der Waals surface area contributed by atoms with Gasteiger partial charge in [0.2, 0.25) is 5.91 Å². The van der Waals surface area contributed by atoms with Crippen LogP contribution >= 0.6 is 11.8 Å². The van der Waals surface area contributed by atoms with E-state index < -0.39 is 0 Å². The third-order valence-corrected chi connectivity index (χ3v) is 6.08. The minimum Gasteiger partial charge on any atom is -0.431 e. The van der Waals surface area contributed by atoms with Crippen LogP contribution in [-0.2, 0) is 17.0 Å². The Hall–Kier alpha value is -3.12. The Bertz CT molecular complexity index is 1180. The third kappa shape index (κ3) is 3.40. The highest BCUT2D eigenvalue weighted by Gasteiger charge is 2.24. The van der Waals surface area contributed by atoms with Crippen LogP contribution in [0.3, 0.4) is 0 Å². The van der Waals surface area contributed by atoms with Gasteiger partial charge in [-0.1, -0.05) is 42.1 Å². The van der Waals surface area contributed by atoms with Crippen LogP contribution in [0, 0.1) is 0 Å². The smallest absolute Gasteiger partial charge is 0.257 e. The van der Waals surface area contributed by atoms with E-state index in [-0.39, 0.29) is 5.91 Å². The molecule has 0 atom stereocenters. The highest BCUT2D eigenvalue weighted by molar-refractivity contribution is 7.98. The Labute approximate surface area is 172 Å². The van der Waals surface area contributed by atoms with Crippen LogP contribution in [0.15, 0.2) is 70.6 Å². The lowest BCUT2D eigenvalue weighted by Crippen LogP contribution is -2.31. The molecule has 5 nitrogen and oxygen atoms in total. The van der Waals surface area contributed by atoms with Crippen molar-refractivity contribution in [3.05, 3.63) is 72.1 Å². The first-order valence-electron chi connectivity index (χ1n) is 9.50. The number of amides is 1. The predicted molar refractivity (Wildman–Crippen MR) is 115 cm³/mol. The van der Waals surface area contributed by atoms with E-state index in [9.17, 15) is 4.79 Å². The van der Waals surface area contributed by atoms with Crippen LogP contribution in [-0.4, -0.2) is 22.9 Å². The second kappa shape index (κ2) is 7.37. The molecule has 0 fully saturated rings. The molecule has 0 aliphatic carbocycles. The van der Waals surface area contributed by atoms with Gasteiger partial charge >= 0.3 is 0 Å². The lowest BCUT2D eigenvalue weighted by molar-refractivity contribution is -0.118. The summed E-state index contributed by atoms with van der Waals surface area (Å²) in [5, 5.41) is 0.652. The molecule has 6 heteroatoms. The molecule has 0 spiro atoms. The second-order valence-corrected chi connectivity index (χ2v) is 8.01. The molecular weight excluding hydrogens is 382 g/mol. The molecule has 1 aliphatic heterocycles. The minimum atomic E-state index is 0.153. The van der Waals surface area contributed by atoms with Gasteiger partial charge in [-0.15, -0.1) is 0 Å². The van der Waals surface area contributed by atoms with Crippen LogP contribution in [0.25, 0.3) is 22.2 Å². The summed E-state index contributed by atoms with van der Waals surface area (Å²) in [5.74, 6) is 0.859. The third-order valence-electron chi connectivity index (χ3n) is 5.18. The van der Waals surface area contributed by atoms with Gasteiger partial charge in [0, 0.05) is 42.7 Å². The number of fused-ring (bicyclic) bond motifs is 2. The molecule has 0 N–H and O–H groups in total. The van der Waals surface area contributed by atoms with Gasteiger partial charge in [-0.3, -0.25) is 9.78 Å². The van der Waals surface area contributed by atoms with E-state index in [4.69, 9.17) is 4.42 Å². The molecule has 0 saturated heterocycles. The number of pyridine rings is 1. The molecule has 2 aromatic carbocycles. The zero-order chi connectivity index (χ0) is 19.8. The van der Waals surface area contributed by atoms with E-state index in [0.717, 1.165) is 39.9 Å². The molecule has 3 heterocycles. The number of thioether (sulfide) groups is 1. The quantitative estimate of drug-likeness (QED) is 0.446. The first kappa shape index (κ1) is 17.9. The number of aromatic nitrogens is 2. The normalized spacial score (nSPS) is 13.7. The molecule has 5 rings (SSSR count). The van der Waals surface area contributed by atoms with E-state index in [0.29, 0.717) is 17.4 Å². The van der Waals surface area contributed by atoms with Crippen molar-refractivity contribution in [2.75, 3.05) is 11.9 Å². The summed E-state index contributed by atoms with van der Waals surface area (Å²) in [4.78, 5) is 23.0. The first-order chi connectivity index (χ1) is 14.2. The monoisotopic (exact) mass is 401 g/mol. The summed E-state index contributed by atoms with van der Waals surface area (Å²) in [6.07, 6.45) is 5.07. The van der Waals surface area contributed by atoms with Crippen LogP contribution in [0.4, 0.5) is 5.69 Å². The maximum atomic E-state index is 12.2. The number of nitrogens with zero attached hydrogens (tertiary/aromatic N) is 3. The maximum absolute atomic E-state index is 12.2. The highest BCUT2D eigenvalue weighted by Crippen LogP contribution is 2.37. The molecule has 1 amide bonds. The fraction of sp³-hybridized carbons (Fsp3) is 0.174. The largest absolute Gasteiger partial charge is 0.431 e. The van der Waals surface area contributed by atoms with Gasteiger partial charge in [0.25, 0.3) is 5.22 Å². The number of para-hydroxylation sites is 3. The number of hydrogen-bond acceptors (Lipinski definition) is 5. The first-order valence-corrected chi connectivity index (χ1v) is 10.5. The van der Waals surface area contributed by atoms with Crippen LogP contribution in [0.1, 0.15) is 17.5 Å². The Kier molecular flexibility index (Phi) is 4.56. The van der Waals surface area contributed by atoms with E-state index in [1.54, 1.807) is 16.7 Å². The molecular formula is C23H19N3O2S. The van der Waals surface area contributed by atoms with E-state index in [2.05, 4.69) is 34.2 Å². The van der Waals surface area contributed by atoms with E-state index in [1.807, 2.05) is 43.7 Å². The van der Waals surface area contributed by atoms with Gasteiger partial charge in [-0.25, -0.2) is 4.98 Å². The fourth-order valence-electron chi connectivity index (χ4n) is 3.73. The van der Waals surface area contributed by atoms with Gasteiger partial charge in [-0.2, -0.15) is 0 Å². The van der Waals surface area contributed by atoms with Gasteiger partial charge < -0.3 is 9.32 Å². The predicted octanol–water partition coefficient (Wildman–Crippen LogP) is 5.09. The molecule has 0 bridgehead atoms. The average Bonchev–Trinajstić information content (AvgIpc) is 3.18. The van der Waals surface area contributed by atoms with Gasteiger partial charge in [0.05, 0.1) is 5.69 Å². The van der Waals surface area contributed by atoms with Crippen molar-refractivity contribution in [1.29, 1.82) is 0 Å².